The average molecular weight is 409 g/mol. The van der Waals surface area contributed by atoms with Crippen LogP contribution in [-0.2, 0) is 11.3 Å². The summed E-state index contributed by atoms with van der Waals surface area (Å²) in [4.78, 5) is 13.9. The summed E-state index contributed by atoms with van der Waals surface area (Å²) in [5.74, 6) is 1.42. The molecule has 2 aromatic carbocycles. The first-order valence-electron chi connectivity index (χ1n) is 9.62. The van der Waals surface area contributed by atoms with E-state index in [0.717, 1.165) is 22.6 Å². The summed E-state index contributed by atoms with van der Waals surface area (Å²) in [5.41, 5.74) is 3.34. The topological polar surface area (TPSA) is 59.6 Å². The third-order valence-corrected chi connectivity index (χ3v) is 5.89. The monoisotopic (exact) mass is 408 g/mol. The van der Waals surface area contributed by atoms with Crippen LogP contribution in [0.4, 0.5) is 0 Å². The van der Waals surface area contributed by atoms with E-state index >= 15 is 0 Å². The Morgan fingerprint density at radius 3 is 2.66 bits per heavy atom. The van der Waals surface area contributed by atoms with Crippen molar-refractivity contribution in [2.75, 3.05) is 6.79 Å². The predicted molar refractivity (Wildman–Crippen MR) is 114 cm³/mol. The van der Waals surface area contributed by atoms with Gasteiger partial charge in [0, 0.05) is 11.4 Å². The Bertz CT molecular complexity index is 970. The quantitative estimate of drug-likeness (QED) is 0.616. The Morgan fingerprint density at radius 1 is 1.10 bits per heavy atom. The number of rotatable bonds is 7. The van der Waals surface area contributed by atoms with E-state index in [9.17, 15) is 4.79 Å². The summed E-state index contributed by atoms with van der Waals surface area (Å²) in [6, 6.07) is 17.9. The number of aryl methyl sites for hydroxylation is 1. The molecule has 0 aliphatic carbocycles. The maximum absolute atomic E-state index is 12.7. The molecule has 6 heteroatoms. The van der Waals surface area contributed by atoms with Gasteiger partial charge in [-0.05, 0) is 48.6 Å². The van der Waals surface area contributed by atoms with Crippen LogP contribution in [0.3, 0.4) is 0 Å². The zero-order valence-corrected chi connectivity index (χ0v) is 17.3. The molecule has 0 bridgehead atoms. The van der Waals surface area contributed by atoms with Crippen molar-refractivity contribution in [3.05, 3.63) is 81.5 Å². The molecule has 1 amide bonds. The Morgan fingerprint density at radius 2 is 1.90 bits per heavy atom. The standard InChI is InChI=1S/C23H24N2O3S/c1-15-5-8-18(9-6-15)22(21-4-3-11-29-21)25-16(2)23(26)24-13-17-7-10-19-20(12-17)28-14-27-19/h3-12,16,22,25H,13-14H2,1-2H3,(H,24,26)/t16-,22-/m1/s1. The minimum atomic E-state index is -0.350. The summed E-state index contributed by atoms with van der Waals surface area (Å²) in [5, 5.41) is 8.55. The second-order valence-corrected chi connectivity index (χ2v) is 8.13. The van der Waals surface area contributed by atoms with Crippen molar-refractivity contribution in [1.29, 1.82) is 0 Å². The van der Waals surface area contributed by atoms with E-state index in [1.165, 1.54) is 10.4 Å². The normalized spacial score (nSPS) is 14.4. The lowest BCUT2D eigenvalue weighted by atomic mass is 10.0. The van der Waals surface area contributed by atoms with Gasteiger partial charge in [0.25, 0.3) is 0 Å². The van der Waals surface area contributed by atoms with Crippen molar-refractivity contribution in [1.82, 2.24) is 10.6 Å². The maximum Gasteiger partial charge on any atom is 0.237 e. The van der Waals surface area contributed by atoms with Gasteiger partial charge in [-0.1, -0.05) is 42.0 Å². The van der Waals surface area contributed by atoms with Gasteiger partial charge >= 0.3 is 0 Å². The second kappa shape index (κ2) is 8.68. The van der Waals surface area contributed by atoms with Crippen LogP contribution in [0.1, 0.15) is 34.5 Å². The number of fused-ring (bicyclic) bond motifs is 1. The van der Waals surface area contributed by atoms with Gasteiger partial charge < -0.3 is 14.8 Å². The molecule has 0 saturated carbocycles. The van der Waals surface area contributed by atoms with Crippen LogP contribution in [0.5, 0.6) is 11.5 Å². The van der Waals surface area contributed by atoms with Crippen molar-refractivity contribution in [3.63, 3.8) is 0 Å². The number of ether oxygens (including phenoxy) is 2. The molecule has 2 heterocycles. The van der Waals surface area contributed by atoms with Crippen LogP contribution in [-0.4, -0.2) is 18.7 Å². The van der Waals surface area contributed by atoms with Gasteiger partial charge in [0.15, 0.2) is 11.5 Å². The number of hydrogen-bond acceptors (Lipinski definition) is 5. The lowest BCUT2D eigenvalue weighted by Crippen LogP contribution is -2.43. The molecule has 1 aliphatic heterocycles. The molecule has 0 fully saturated rings. The molecular weight excluding hydrogens is 384 g/mol. The van der Waals surface area contributed by atoms with Gasteiger partial charge in [0.1, 0.15) is 0 Å². The number of carbonyl (C=O) groups is 1. The molecule has 3 aromatic rings. The van der Waals surface area contributed by atoms with E-state index in [4.69, 9.17) is 9.47 Å². The molecule has 0 saturated heterocycles. The minimum Gasteiger partial charge on any atom is -0.454 e. The highest BCUT2D eigenvalue weighted by Gasteiger charge is 2.21. The largest absolute Gasteiger partial charge is 0.454 e. The number of benzene rings is 2. The molecule has 2 N–H and O–H groups in total. The second-order valence-electron chi connectivity index (χ2n) is 7.15. The van der Waals surface area contributed by atoms with E-state index in [1.54, 1.807) is 11.3 Å². The van der Waals surface area contributed by atoms with Gasteiger partial charge in [-0.25, -0.2) is 0 Å². The summed E-state index contributed by atoms with van der Waals surface area (Å²) in [6.45, 7) is 4.65. The fraction of sp³-hybridized carbons (Fsp3) is 0.261. The fourth-order valence-electron chi connectivity index (χ4n) is 3.28. The summed E-state index contributed by atoms with van der Waals surface area (Å²) in [6.07, 6.45) is 0. The van der Waals surface area contributed by atoms with Gasteiger partial charge in [-0.15, -0.1) is 11.3 Å². The molecule has 150 valence electrons. The third-order valence-electron chi connectivity index (χ3n) is 4.95. The van der Waals surface area contributed by atoms with Crippen LogP contribution in [0.15, 0.2) is 60.0 Å². The highest BCUT2D eigenvalue weighted by molar-refractivity contribution is 7.10. The van der Waals surface area contributed by atoms with E-state index in [0.29, 0.717) is 6.54 Å². The van der Waals surface area contributed by atoms with Gasteiger partial charge in [0.05, 0.1) is 12.1 Å². The zero-order chi connectivity index (χ0) is 20.2. The van der Waals surface area contributed by atoms with Crippen molar-refractivity contribution in [3.8, 4) is 11.5 Å². The predicted octanol–water partition coefficient (Wildman–Crippen LogP) is 4.17. The smallest absolute Gasteiger partial charge is 0.237 e. The number of nitrogens with one attached hydrogen (secondary N) is 2. The number of thiophene rings is 1. The van der Waals surface area contributed by atoms with Crippen molar-refractivity contribution < 1.29 is 14.3 Å². The third kappa shape index (κ3) is 4.60. The van der Waals surface area contributed by atoms with Gasteiger partial charge in [0.2, 0.25) is 12.7 Å². The van der Waals surface area contributed by atoms with Crippen molar-refractivity contribution >= 4 is 17.2 Å². The zero-order valence-electron chi connectivity index (χ0n) is 16.5. The average Bonchev–Trinajstić information content (AvgIpc) is 3.42. The SMILES string of the molecule is Cc1ccc([C@@H](N[C@H](C)C(=O)NCc2ccc3c(c2)OCO3)c2cccs2)cc1. The highest BCUT2D eigenvalue weighted by Crippen LogP contribution is 2.32. The highest BCUT2D eigenvalue weighted by atomic mass is 32.1. The van der Waals surface area contributed by atoms with E-state index in [2.05, 4.69) is 53.3 Å². The number of amides is 1. The van der Waals surface area contributed by atoms with E-state index < -0.39 is 0 Å². The van der Waals surface area contributed by atoms with Gasteiger partial charge in [-0.3, -0.25) is 10.1 Å². The van der Waals surface area contributed by atoms with Crippen molar-refractivity contribution in [2.24, 2.45) is 0 Å². The Labute approximate surface area is 174 Å². The fourth-order valence-corrected chi connectivity index (χ4v) is 4.09. The molecule has 1 aliphatic rings. The summed E-state index contributed by atoms with van der Waals surface area (Å²) < 4.78 is 10.7. The van der Waals surface area contributed by atoms with E-state index in [1.807, 2.05) is 31.2 Å². The number of hydrogen-bond donors (Lipinski definition) is 2. The molecule has 1 aromatic heterocycles. The first kappa shape index (κ1) is 19.5. The molecule has 29 heavy (non-hydrogen) atoms. The lowest BCUT2D eigenvalue weighted by molar-refractivity contribution is -0.123. The minimum absolute atomic E-state index is 0.0260. The molecule has 0 spiro atoms. The Kier molecular flexibility index (Phi) is 5.83. The first-order valence-corrected chi connectivity index (χ1v) is 10.5. The first-order chi connectivity index (χ1) is 14.1. The molecule has 4 rings (SSSR count). The van der Waals surface area contributed by atoms with E-state index in [-0.39, 0.29) is 24.8 Å². The summed E-state index contributed by atoms with van der Waals surface area (Å²) >= 11 is 1.69. The molecule has 0 unspecified atom stereocenters. The van der Waals surface area contributed by atoms with Crippen LogP contribution in [0.25, 0.3) is 0 Å². The van der Waals surface area contributed by atoms with Crippen LogP contribution >= 0.6 is 11.3 Å². The molecule has 5 nitrogen and oxygen atoms in total. The van der Waals surface area contributed by atoms with Crippen LogP contribution < -0.4 is 20.1 Å². The Balaban J connectivity index is 1.41. The van der Waals surface area contributed by atoms with Crippen LogP contribution in [0.2, 0.25) is 0 Å². The van der Waals surface area contributed by atoms with Crippen LogP contribution in [0, 0.1) is 6.92 Å². The molecular formula is C23H24N2O3S. The van der Waals surface area contributed by atoms with Crippen molar-refractivity contribution in [2.45, 2.75) is 32.5 Å². The number of carbonyl (C=O) groups excluding carboxylic acids is 1. The lowest BCUT2D eigenvalue weighted by Gasteiger charge is -2.23. The summed E-state index contributed by atoms with van der Waals surface area (Å²) in [7, 11) is 0. The molecule has 0 radical (unpaired) electrons. The van der Waals surface area contributed by atoms with Gasteiger partial charge in [-0.2, -0.15) is 0 Å². The maximum atomic E-state index is 12.7. The Hall–Kier alpha value is -2.83. The molecule has 2 atom stereocenters.